The van der Waals surface area contributed by atoms with Crippen LogP contribution in [0.5, 0.6) is 0 Å². The molecule has 0 aromatic rings. The Morgan fingerprint density at radius 3 is 2.00 bits per heavy atom. The molecule has 0 aromatic carbocycles. The van der Waals surface area contributed by atoms with E-state index in [2.05, 4.69) is 20.8 Å². The van der Waals surface area contributed by atoms with Crippen molar-refractivity contribution in [2.45, 2.75) is 65.6 Å². The van der Waals surface area contributed by atoms with Gasteiger partial charge in [-0.25, -0.2) is 4.67 Å². The van der Waals surface area contributed by atoms with Crippen molar-refractivity contribution < 1.29 is 9.09 Å². The first kappa shape index (κ1) is 17.2. The molecule has 0 aliphatic carbocycles. The average Bonchev–Trinajstić information content (AvgIpc) is 2.24. The van der Waals surface area contributed by atoms with Gasteiger partial charge in [-0.05, 0) is 39.0 Å². The molecule has 0 aromatic heterocycles. The number of rotatable bonds is 3. The lowest BCUT2D eigenvalue weighted by atomic mass is 9.99. The van der Waals surface area contributed by atoms with Gasteiger partial charge in [0.25, 0.3) is 7.52 Å². The van der Waals surface area contributed by atoms with Crippen LogP contribution in [0.2, 0.25) is 0 Å². The smallest absolute Gasteiger partial charge is 0.277 e. The number of nitrogens with zero attached hydrogens (tertiary/aromatic N) is 1. The summed E-state index contributed by atoms with van der Waals surface area (Å²) in [5.41, 5.74) is 5.96. The van der Waals surface area contributed by atoms with Crippen LogP contribution in [0.25, 0.3) is 0 Å². The van der Waals surface area contributed by atoms with Crippen molar-refractivity contribution in [3.05, 3.63) is 0 Å². The lowest BCUT2D eigenvalue weighted by Gasteiger charge is -2.42. The van der Waals surface area contributed by atoms with Crippen molar-refractivity contribution in [2.24, 2.45) is 11.1 Å². The summed E-state index contributed by atoms with van der Waals surface area (Å²) in [4.78, 5) is 0. The van der Waals surface area contributed by atoms with E-state index in [-0.39, 0.29) is 16.6 Å². The van der Waals surface area contributed by atoms with Crippen LogP contribution in [-0.4, -0.2) is 35.6 Å². The molecular formula is C14H31N2O2P. The molecule has 2 N–H and O–H groups in total. The van der Waals surface area contributed by atoms with Crippen LogP contribution in [0.1, 0.15) is 54.4 Å². The number of hydrogen-bond donors (Lipinski definition) is 1. The van der Waals surface area contributed by atoms with Crippen LogP contribution >= 0.6 is 7.52 Å². The maximum absolute atomic E-state index is 13.4. The Bertz CT molecular complexity index is 336. The van der Waals surface area contributed by atoms with Crippen LogP contribution in [0.15, 0.2) is 0 Å². The first-order valence-corrected chi connectivity index (χ1v) is 8.79. The van der Waals surface area contributed by atoms with Gasteiger partial charge in [0.15, 0.2) is 0 Å². The Labute approximate surface area is 118 Å². The summed E-state index contributed by atoms with van der Waals surface area (Å²) in [5.74, 6) is 0. The van der Waals surface area contributed by atoms with Gasteiger partial charge in [-0.1, -0.05) is 20.8 Å². The minimum absolute atomic E-state index is 0.0209. The number of piperidine rings is 1. The second-order valence-corrected chi connectivity index (χ2v) is 11.0. The molecule has 1 aliphatic heterocycles. The third kappa shape index (κ3) is 4.56. The number of hydrogen-bond acceptors (Lipinski definition) is 3. The van der Waals surface area contributed by atoms with Gasteiger partial charge in [-0.3, -0.25) is 4.57 Å². The Balaban J connectivity index is 2.85. The van der Waals surface area contributed by atoms with Crippen LogP contribution < -0.4 is 5.73 Å². The van der Waals surface area contributed by atoms with Gasteiger partial charge in [-0.15, -0.1) is 0 Å². The highest BCUT2D eigenvalue weighted by Crippen LogP contribution is 2.62. The van der Waals surface area contributed by atoms with Crippen molar-refractivity contribution >= 4 is 7.52 Å². The lowest BCUT2D eigenvalue weighted by molar-refractivity contribution is 0.161. The predicted molar refractivity (Wildman–Crippen MR) is 81.5 cm³/mol. The van der Waals surface area contributed by atoms with Crippen molar-refractivity contribution in [1.29, 1.82) is 0 Å². The molecule has 1 fully saturated rings. The summed E-state index contributed by atoms with van der Waals surface area (Å²) in [6.45, 7) is 14.4. The normalized spacial score (nSPS) is 23.3. The summed E-state index contributed by atoms with van der Waals surface area (Å²) in [5, 5.41) is -0.361. The van der Waals surface area contributed by atoms with Crippen molar-refractivity contribution in [3.63, 3.8) is 0 Å². The average molecular weight is 290 g/mol. The van der Waals surface area contributed by atoms with Crippen molar-refractivity contribution in [3.8, 4) is 0 Å². The van der Waals surface area contributed by atoms with Crippen molar-refractivity contribution in [2.75, 3.05) is 19.7 Å². The van der Waals surface area contributed by atoms with Crippen LogP contribution in [0, 0.1) is 5.41 Å². The molecule has 114 valence electrons. The summed E-state index contributed by atoms with van der Waals surface area (Å²) in [6.07, 6.45) is 1.80. The van der Waals surface area contributed by atoms with E-state index in [0.717, 1.165) is 25.9 Å². The fraction of sp³-hybridized carbons (Fsp3) is 1.00. The highest BCUT2D eigenvalue weighted by Gasteiger charge is 2.45. The largest absolute Gasteiger partial charge is 0.328 e. The van der Waals surface area contributed by atoms with Gasteiger partial charge in [-0.2, -0.15) is 0 Å². The first-order valence-electron chi connectivity index (χ1n) is 7.21. The van der Waals surface area contributed by atoms with Gasteiger partial charge < -0.3 is 10.3 Å². The van der Waals surface area contributed by atoms with E-state index >= 15 is 0 Å². The Hall–Kier alpha value is 0.110. The zero-order chi connectivity index (χ0) is 14.9. The van der Waals surface area contributed by atoms with E-state index in [9.17, 15) is 4.57 Å². The monoisotopic (exact) mass is 290 g/mol. The van der Waals surface area contributed by atoms with Gasteiger partial charge in [0.2, 0.25) is 0 Å². The van der Waals surface area contributed by atoms with Gasteiger partial charge >= 0.3 is 0 Å². The molecule has 0 radical (unpaired) electrons. The topological polar surface area (TPSA) is 55.6 Å². The zero-order valence-corrected chi connectivity index (χ0v) is 14.3. The standard InChI is InChI=1S/C14H31N2O2P/c1-13(2,3)11-18-19(17,14(4,5)6)16-9-7-12(15)8-10-16/h12H,7-11,15H2,1-6H3. The van der Waals surface area contributed by atoms with E-state index in [1.165, 1.54) is 0 Å². The molecule has 1 unspecified atom stereocenters. The molecule has 1 heterocycles. The Morgan fingerprint density at radius 1 is 1.16 bits per heavy atom. The summed E-state index contributed by atoms with van der Waals surface area (Å²) in [6, 6.07) is 0.243. The Kier molecular flexibility index (Phi) is 5.28. The van der Waals surface area contributed by atoms with Crippen LogP contribution in [0.3, 0.4) is 0 Å². The second-order valence-electron chi connectivity index (χ2n) is 7.82. The number of nitrogens with two attached hydrogens (primary N) is 1. The van der Waals surface area contributed by atoms with E-state index in [1.807, 2.05) is 25.4 Å². The molecule has 0 spiro atoms. The SMILES string of the molecule is CC(C)(C)COP(=O)(N1CCC(N)CC1)C(C)(C)C. The highest BCUT2D eigenvalue weighted by molar-refractivity contribution is 7.58. The summed E-state index contributed by atoms with van der Waals surface area (Å²) >= 11 is 0. The zero-order valence-electron chi connectivity index (χ0n) is 13.4. The molecule has 19 heavy (non-hydrogen) atoms. The Morgan fingerprint density at radius 2 is 1.63 bits per heavy atom. The molecule has 1 aliphatic rings. The molecule has 0 amide bonds. The first-order chi connectivity index (χ1) is 8.46. The molecule has 4 nitrogen and oxygen atoms in total. The lowest BCUT2D eigenvalue weighted by Crippen LogP contribution is -2.42. The molecular weight excluding hydrogens is 259 g/mol. The van der Waals surface area contributed by atoms with Gasteiger partial charge in [0.05, 0.1) is 11.8 Å². The quantitative estimate of drug-likeness (QED) is 0.809. The van der Waals surface area contributed by atoms with E-state index in [0.29, 0.717) is 6.61 Å². The van der Waals surface area contributed by atoms with Crippen molar-refractivity contribution in [1.82, 2.24) is 4.67 Å². The molecule has 1 atom stereocenters. The third-order valence-corrected chi connectivity index (χ3v) is 6.73. The minimum Gasteiger partial charge on any atom is -0.328 e. The van der Waals surface area contributed by atoms with Crippen LogP contribution in [-0.2, 0) is 9.09 Å². The fourth-order valence-corrected chi connectivity index (χ4v) is 4.85. The van der Waals surface area contributed by atoms with Crippen LogP contribution in [0.4, 0.5) is 0 Å². The molecule has 1 rings (SSSR count). The molecule has 0 bridgehead atoms. The highest BCUT2D eigenvalue weighted by atomic mass is 31.2. The molecule has 1 saturated heterocycles. The maximum atomic E-state index is 13.4. The summed E-state index contributed by atoms with van der Waals surface area (Å²) < 4.78 is 21.4. The maximum Gasteiger partial charge on any atom is 0.277 e. The predicted octanol–water partition coefficient (Wildman–Crippen LogP) is 3.46. The van der Waals surface area contributed by atoms with Gasteiger partial charge in [0, 0.05) is 19.1 Å². The molecule has 5 heteroatoms. The molecule has 0 saturated carbocycles. The van der Waals surface area contributed by atoms with E-state index < -0.39 is 7.52 Å². The van der Waals surface area contributed by atoms with E-state index in [1.54, 1.807) is 0 Å². The third-order valence-electron chi connectivity index (χ3n) is 3.41. The minimum atomic E-state index is -2.82. The summed E-state index contributed by atoms with van der Waals surface area (Å²) in [7, 11) is -2.82. The second kappa shape index (κ2) is 5.85. The van der Waals surface area contributed by atoms with E-state index in [4.69, 9.17) is 10.3 Å². The van der Waals surface area contributed by atoms with Gasteiger partial charge in [0.1, 0.15) is 0 Å². The fourth-order valence-electron chi connectivity index (χ4n) is 2.13.